The molecular formula is C19H22N2O5. The Bertz CT molecular complexity index is 838. The van der Waals surface area contributed by atoms with Gasteiger partial charge in [0.25, 0.3) is 5.91 Å². The second-order valence-corrected chi connectivity index (χ2v) is 5.79. The molecule has 0 aliphatic rings. The quantitative estimate of drug-likeness (QED) is 0.774. The highest BCUT2D eigenvalue weighted by molar-refractivity contribution is 5.99. The zero-order chi connectivity index (χ0) is 19.3. The van der Waals surface area contributed by atoms with E-state index < -0.39 is 24.5 Å². The van der Waals surface area contributed by atoms with Crippen molar-refractivity contribution in [1.82, 2.24) is 4.98 Å². The molecule has 0 fully saturated rings. The average molecular weight is 358 g/mol. The smallest absolute Gasteiger partial charge is 0.355 e. The van der Waals surface area contributed by atoms with E-state index in [2.05, 4.69) is 10.3 Å². The van der Waals surface area contributed by atoms with Gasteiger partial charge in [-0.1, -0.05) is 19.1 Å². The van der Waals surface area contributed by atoms with Crippen molar-refractivity contribution in [3.8, 4) is 0 Å². The van der Waals surface area contributed by atoms with Gasteiger partial charge in [0.05, 0.1) is 12.7 Å². The van der Waals surface area contributed by atoms with Gasteiger partial charge >= 0.3 is 11.9 Å². The number of aryl methyl sites for hydroxylation is 2. The van der Waals surface area contributed by atoms with Crippen molar-refractivity contribution in [2.45, 2.75) is 27.2 Å². The molecule has 0 saturated carbocycles. The molecule has 138 valence electrons. The number of aromatic amines is 1. The number of hydrogen-bond donors (Lipinski definition) is 2. The van der Waals surface area contributed by atoms with Crippen LogP contribution in [0.2, 0.25) is 0 Å². The number of methoxy groups -OCH3 is 1. The predicted molar refractivity (Wildman–Crippen MR) is 96.3 cm³/mol. The van der Waals surface area contributed by atoms with E-state index in [0.717, 1.165) is 12.0 Å². The Morgan fingerprint density at radius 2 is 1.88 bits per heavy atom. The van der Waals surface area contributed by atoms with Gasteiger partial charge in [-0.15, -0.1) is 0 Å². The Labute approximate surface area is 151 Å². The monoisotopic (exact) mass is 358 g/mol. The summed E-state index contributed by atoms with van der Waals surface area (Å²) in [5.74, 6) is -1.69. The summed E-state index contributed by atoms with van der Waals surface area (Å²) in [6.07, 6.45) is 0.854. The Kier molecular flexibility index (Phi) is 6.16. The van der Waals surface area contributed by atoms with Crippen LogP contribution >= 0.6 is 0 Å². The molecule has 0 spiro atoms. The summed E-state index contributed by atoms with van der Waals surface area (Å²) in [5, 5.41) is 2.68. The third-order valence-electron chi connectivity index (χ3n) is 3.98. The predicted octanol–water partition coefficient (Wildman–Crippen LogP) is 2.78. The normalized spacial score (nSPS) is 10.3. The first-order valence-electron chi connectivity index (χ1n) is 8.20. The second kappa shape index (κ2) is 8.33. The molecule has 0 saturated heterocycles. The molecule has 0 unspecified atom stereocenters. The number of hydrogen-bond acceptors (Lipinski definition) is 5. The first-order valence-corrected chi connectivity index (χ1v) is 8.20. The van der Waals surface area contributed by atoms with Gasteiger partial charge in [-0.25, -0.2) is 9.59 Å². The van der Waals surface area contributed by atoms with Gasteiger partial charge in [-0.05, 0) is 43.5 Å². The Morgan fingerprint density at radius 1 is 1.15 bits per heavy atom. The van der Waals surface area contributed by atoms with Crippen LogP contribution in [0.15, 0.2) is 24.3 Å². The second-order valence-electron chi connectivity index (χ2n) is 5.79. The van der Waals surface area contributed by atoms with Gasteiger partial charge in [0, 0.05) is 11.4 Å². The van der Waals surface area contributed by atoms with Crippen LogP contribution < -0.4 is 5.32 Å². The van der Waals surface area contributed by atoms with Crippen molar-refractivity contribution < 1.29 is 23.9 Å². The molecule has 7 heteroatoms. The summed E-state index contributed by atoms with van der Waals surface area (Å²) in [4.78, 5) is 38.8. The number of carbonyl (C=O) groups excluding carboxylic acids is 3. The van der Waals surface area contributed by atoms with Gasteiger partial charge in [0.2, 0.25) is 0 Å². The minimum absolute atomic E-state index is 0.128. The summed E-state index contributed by atoms with van der Waals surface area (Å²) in [7, 11) is 1.27. The minimum atomic E-state index is -0.710. The minimum Gasteiger partial charge on any atom is -0.465 e. The lowest BCUT2D eigenvalue weighted by molar-refractivity contribution is -0.119. The van der Waals surface area contributed by atoms with Crippen LogP contribution in [0, 0.1) is 13.8 Å². The number of amides is 1. The van der Waals surface area contributed by atoms with E-state index in [9.17, 15) is 14.4 Å². The van der Waals surface area contributed by atoms with E-state index in [-0.39, 0.29) is 5.69 Å². The number of ether oxygens (including phenoxy) is 2. The van der Waals surface area contributed by atoms with Gasteiger partial charge in [0.15, 0.2) is 6.61 Å². The molecule has 2 rings (SSSR count). The number of rotatable bonds is 6. The van der Waals surface area contributed by atoms with Crippen molar-refractivity contribution in [2.24, 2.45) is 0 Å². The summed E-state index contributed by atoms with van der Waals surface area (Å²) in [6.45, 7) is 4.86. The maximum absolute atomic E-state index is 12.2. The largest absolute Gasteiger partial charge is 0.465 e. The van der Waals surface area contributed by atoms with Gasteiger partial charge in [0.1, 0.15) is 5.69 Å². The highest BCUT2D eigenvalue weighted by Gasteiger charge is 2.23. The first-order chi connectivity index (χ1) is 12.4. The van der Waals surface area contributed by atoms with Crippen molar-refractivity contribution >= 4 is 23.5 Å². The molecule has 0 aliphatic heterocycles. The third-order valence-corrected chi connectivity index (χ3v) is 3.98. The Balaban J connectivity index is 2.00. The molecule has 26 heavy (non-hydrogen) atoms. The molecule has 0 atom stereocenters. The van der Waals surface area contributed by atoms with E-state index in [4.69, 9.17) is 9.47 Å². The van der Waals surface area contributed by atoms with E-state index in [1.165, 1.54) is 7.11 Å². The number of H-pyrrole nitrogens is 1. The topological polar surface area (TPSA) is 97.5 Å². The summed E-state index contributed by atoms with van der Waals surface area (Å²) < 4.78 is 9.75. The zero-order valence-corrected chi connectivity index (χ0v) is 15.3. The fraction of sp³-hybridized carbons (Fsp3) is 0.316. The fourth-order valence-corrected chi connectivity index (χ4v) is 2.63. The van der Waals surface area contributed by atoms with Crippen molar-refractivity contribution in [2.75, 3.05) is 19.0 Å². The molecule has 1 aromatic heterocycles. The number of nitrogens with one attached hydrogen (secondary N) is 2. The van der Waals surface area contributed by atoms with Crippen LogP contribution in [0.1, 0.15) is 44.6 Å². The van der Waals surface area contributed by atoms with Crippen LogP contribution in [0.3, 0.4) is 0 Å². The van der Waals surface area contributed by atoms with Crippen LogP contribution in [-0.4, -0.2) is 36.5 Å². The zero-order valence-electron chi connectivity index (χ0n) is 15.3. The molecule has 7 nitrogen and oxygen atoms in total. The Morgan fingerprint density at radius 3 is 2.54 bits per heavy atom. The SMILES string of the molecule is CCc1cccc(NC(=O)COC(=O)c2[nH]c(C)c(C(=O)OC)c2C)c1. The lowest BCUT2D eigenvalue weighted by atomic mass is 10.1. The van der Waals surface area contributed by atoms with Crippen LogP contribution in [0.25, 0.3) is 0 Å². The molecule has 1 amide bonds. The van der Waals surface area contributed by atoms with Crippen LogP contribution in [0.4, 0.5) is 5.69 Å². The van der Waals surface area contributed by atoms with Crippen molar-refractivity contribution in [1.29, 1.82) is 0 Å². The molecule has 0 bridgehead atoms. The standard InChI is InChI=1S/C19H22N2O5/c1-5-13-7-6-8-14(9-13)21-15(22)10-26-19(24)17-11(2)16(12(3)20-17)18(23)25-4/h6-9,20H,5,10H2,1-4H3,(H,21,22). The fourth-order valence-electron chi connectivity index (χ4n) is 2.63. The summed E-state index contributed by atoms with van der Waals surface area (Å²) in [6, 6.07) is 7.44. The van der Waals surface area contributed by atoms with E-state index in [1.54, 1.807) is 19.9 Å². The van der Waals surface area contributed by atoms with Crippen LogP contribution in [-0.2, 0) is 20.7 Å². The molecule has 0 aliphatic carbocycles. The third kappa shape index (κ3) is 4.30. The van der Waals surface area contributed by atoms with Crippen molar-refractivity contribution in [3.63, 3.8) is 0 Å². The first kappa shape index (κ1) is 19.2. The van der Waals surface area contributed by atoms with E-state index in [0.29, 0.717) is 22.5 Å². The number of esters is 2. The number of benzene rings is 1. The summed E-state index contributed by atoms with van der Waals surface area (Å²) in [5.41, 5.74) is 3.08. The maximum atomic E-state index is 12.2. The highest BCUT2D eigenvalue weighted by Crippen LogP contribution is 2.19. The number of carbonyl (C=O) groups is 3. The molecule has 2 aromatic rings. The van der Waals surface area contributed by atoms with Gasteiger partial charge in [-0.3, -0.25) is 4.79 Å². The average Bonchev–Trinajstić information content (AvgIpc) is 2.93. The maximum Gasteiger partial charge on any atom is 0.355 e. The lowest BCUT2D eigenvalue weighted by Gasteiger charge is -2.07. The van der Waals surface area contributed by atoms with Gasteiger partial charge in [-0.2, -0.15) is 0 Å². The number of aromatic nitrogens is 1. The molecule has 2 N–H and O–H groups in total. The Hall–Kier alpha value is -3.09. The van der Waals surface area contributed by atoms with Crippen molar-refractivity contribution in [3.05, 3.63) is 52.3 Å². The molecule has 1 aromatic carbocycles. The highest BCUT2D eigenvalue weighted by atomic mass is 16.5. The summed E-state index contributed by atoms with van der Waals surface area (Å²) >= 11 is 0. The number of anilines is 1. The molecule has 1 heterocycles. The van der Waals surface area contributed by atoms with Gasteiger partial charge < -0.3 is 19.8 Å². The molecule has 0 radical (unpaired) electrons. The van der Waals surface area contributed by atoms with E-state index in [1.807, 2.05) is 25.1 Å². The van der Waals surface area contributed by atoms with E-state index >= 15 is 0 Å². The van der Waals surface area contributed by atoms with Crippen LogP contribution in [0.5, 0.6) is 0 Å². The lowest BCUT2D eigenvalue weighted by Crippen LogP contribution is -2.21. The molecular weight excluding hydrogens is 336 g/mol.